The number of Topliss-reactive ketones (excluding diaryl/α,β-unsaturated/α-hetero) is 1. The number of rotatable bonds is 6. The van der Waals surface area contributed by atoms with Crippen LogP contribution in [0, 0.1) is 29.1 Å². The Bertz CT molecular complexity index is 1400. The zero-order valence-corrected chi connectivity index (χ0v) is 26.6. The van der Waals surface area contributed by atoms with E-state index in [1.807, 2.05) is 51.1 Å². The summed E-state index contributed by atoms with van der Waals surface area (Å²) >= 11 is 0. The van der Waals surface area contributed by atoms with Gasteiger partial charge in [0, 0.05) is 32.6 Å². The maximum Gasteiger partial charge on any atom is 0.310 e. The van der Waals surface area contributed by atoms with E-state index in [2.05, 4.69) is 0 Å². The number of fused-ring (bicyclic) bond motifs is 1. The van der Waals surface area contributed by atoms with Crippen LogP contribution in [0.5, 0.6) is 0 Å². The summed E-state index contributed by atoms with van der Waals surface area (Å²) in [5.74, 6) is -4.29. The molecule has 4 aliphatic rings. The predicted octanol–water partition coefficient (Wildman–Crippen LogP) is 3.92. The van der Waals surface area contributed by atoms with Gasteiger partial charge in [-0.1, -0.05) is 58.0 Å². The molecule has 3 aliphatic carbocycles. The Morgan fingerprint density at radius 3 is 2.05 bits per heavy atom. The molecule has 10 nitrogen and oxygen atoms in total. The van der Waals surface area contributed by atoms with Gasteiger partial charge in [-0.15, -0.1) is 0 Å². The van der Waals surface area contributed by atoms with Gasteiger partial charge in [0.25, 0.3) is 0 Å². The molecule has 1 aromatic carbocycles. The van der Waals surface area contributed by atoms with E-state index in [9.17, 15) is 24.0 Å². The van der Waals surface area contributed by atoms with Crippen LogP contribution in [-0.4, -0.2) is 65.3 Å². The molecule has 0 aromatic heterocycles. The summed E-state index contributed by atoms with van der Waals surface area (Å²) in [6, 6.07) is 9.15. The molecule has 0 spiro atoms. The smallest absolute Gasteiger partial charge is 0.310 e. The van der Waals surface area contributed by atoms with Crippen LogP contribution < -0.4 is 0 Å². The number of epoxide rings is 1. The number of carbonyl (C=O) groups is 5. The molecule has 1 unspecified atom stereocenters. The fourth-order valence-corrected chi connectivity index (χ4v) is 8.16. The average Bonchev–Trinajstić information content (AvgIpc) is 3.72. The third-order valence-electron chi connectivity index (χ3n) is 10.0. The molecule has 1 heterocycles. The van der Waals surface area contributed by atoms with E-state index in [1.54, 1.807) is 19.9 Å². The number of hydrogen-bond donors (Lipinski definition) is 0. The van der Waals surface area contributed by atoms with Gasteiger partial charge in [0.1, 0.15) is 18.3 Å². The number of hydrogen-bond acceptors (Lipinski definition) is 10. The molecule has 2 saturated carbocycles. The van der Waals surface area contributed by atoms with Gasteiger partial charge < -0.3 is 23.7 Å². The van der Waals surface area contributed by atoms with E-state index in [-0.39, 0.29) is 24.5 Å². The first kappa shape index (κ1) is 31.9. The topological polar surface area (TPSA) is 135 Å². The van der Waals surface area contributed by atoms with Gasteiger partial charge in [-0.3, -0.25) is 24.0 Å². The molecular formula is C34H42O10. The van der Waals surface area contributed by atoms with Gasteiger partial charge >= 0.3 is 23.9 Å². The fraction of sp³-hybridized carbons (Fsp3) is 0.618. The predicted molar refractivity (Wildman–Crippen MR) is 156 cm³/mol. The van der Waals surface area contributed by atoms with Crippen molar-refractivity contribution in [2.75, 3.05) is 0 Å². The lowest BCUT2D eigenvalue weighted by Gasteiger charge is -2.30. The number of carbonyl (C=O) groups excluding carboxylic acids is 5. The van der Waals surface area contributed by atoms with Crippen molar-refractivity contribution in [1.29, 1.82) is 0 Å². The number of benzene rings is 1. The van der Waals surface area contributed by atoms with E-state index >= 15 is 0 Å². The molecule has 3 fully saturated rings. The van der Waals surface area contributed by atoms with Crippen molar-refractivity contribution in [3.05, 3.63) is 47.5 Å². The standard InChI is InChI=1S/C34H42O10/c1-17-15-34-31(42-22(6)37)18(2)16-33(34,44-34)30(39)19(3)28(41-21(5)36)25-26(32(25,7)8)29(27(17)40-20(4)35)43-24(38)14-23-12-10-9-11-13-23/h9-13,15,18-19,25-29,31H,14,16H2,1-8H3/b17-15+/t18-,19+,25-,26+,27+,28-,29?,31-,33-,34-/m0/s1. The van der Waals surface area contributed by atoms with Crippen molar-refractivity contribution in [2.24, 2.45) is 29.1 Å². The van der Waals surface area contributed by atoms with Gasteiger partial charge in [0.15, 0.2) is 23.1 Å². The first-order valence-corrected chi connectivity index (χ1v) is 15.2. The van der Waals surface area contributed by atoms with E-state index in [0.717, 1.165) is 5.56 Å². The highest BCUT2D eigenvalue weighted by Gasteiger charge is 2.84. The van der Waals surface area contributed by atoms with Gasteiger partial charge in [0.2, 0.25) is 0 Å². The number of esters is 4. The summed E-state index contributed by atoms with van der Waals surface area (Å²) in [6.07, 6.45) is -1.68. The molecule has 10 atom stereocenters. The molecule has 1 aromatic rings. The van der Waals surface area contributed by atoms with Gasteiger partial charge in [-0.05, 0) is 41.9 Å². The number of ketones is 1. The van der Waals surface area contributed by atoms with Crippen LogP contribution in [0.4, 0.5) is 0 Å². The van der Waals surface area contributed by atoms with Crippen LogP contribution in [-0.2, 0) is 54.1 Å². The molecular weight excluding hydrogens is 568 g/mol. The maximum atomic E-state index is 14.4. The highest BCUT2D eigenvalue weighted by atomic mass is 16.7. The summed E-state index contributed by atoms with van der Waals surface area (Å²) in [6.45, 7) is 13.2. The summed E-state index contributed by atoms with van der Waals surface area (Å²) in [5.41, 5.74) is -1.96. The summed E-state index contributed by atoms with van der Waals surface area (Å²) < 4.78 is 30.1. The van der Waals surface area contributed by atoms with Crippen molar-refractivity contribution in [1.82, 2.24) is 0 Å². The fourth-order valence-electron chi connectivity index (χ4n) is 8.16. The largest absolute Gasteiger partial charge is 0.461 e. The molecule has 1 saturated heterocycles. The molecule has 238 valence electrons. The molecule has 10 heteroatoms. The third-order valence-corrected chi connectivity index (χ3v) is 10.0. The SMILES string of the molecule is CC(=O)O[C@@H]1[C@@H]2[C@H](C(OC(=O)Cc3ccccc3)[C@H](OC(C)=O)/C(C)=C/[C@@]34O[C@@]3(C[C@H](C)[C@@H]4OC(C)=O)C(=O)[C@@H]1C)C2(C)C. The second kappa shape index (κ2) is 11.1. The minimum absolute atomic E-state index is 0.00479. The second-order valence-electron chi connectivity index (χ2n) is 13.6. The zero-order chi connectivity index (χ0) is 32.4. The van der Waals surface area contributed by atoms with E-state index in [4.69, 9.17) is 23.7 Å². The van der Waals surface area contributed by atoms with Crippen molar-refractivity contribution < 1.29 is 47.7 Å². The van der Waals surface area contributed by atoms with Crippen molar-refractivity contribution in [3.63, 3.8) is 0 Å². The molecule has 44 heavy (non-hydrogen) atoms. The van der Waals surface area contributed by atoms with Crippen LogP contribution in [0.3, 0.4) is 0 Å². The van der Waals surface area contributed by atoms with E-state index < -0.39 is 82.7 Å². The highest BCUT2D eigenvalue weighted by Crippen LogP contribution is 2.68. The second-order valence-corrected chi connectivity index (χ2v) is 13.6. The van der Waals surface area contributed by atoms with Crippen LogP contribution in [0.15, 0.2) is 42.0 Å². The first-order valence-electron chi connectivity index (χ1n) is 15.2. The molecule has 1 aliphatic heterocycles. The lowest BCUT2D eigenvalue weighted by molar-refractivity contribution is -0.167. The Morgan fingerprint density at radius 1 is 0.864 bits per heavy atom. The average molecular weight is 611 g/mol. The van der Waals surface area contributed by atoms with Crippen LogP contribution >= 0.6 is 0 Å². The third kappa shape index (κ3) is 5.25. The Balaban J connectivity index is 1.65. The molecule has 0 amide bonds. The van der Waals surface area contributed by atoms with Crippen molar-refractivity contribution in [3.8, 4) is 0 Å². The monoisotopic (exact) mass is 610 g/mol. The highest BCUT2D eigenvalue weighted by molar-refractivity contribution is 5.96. The Labute approximate surface area is 257 Å². The van der Waals surface area contributed by atoms with Gasteiger partial charge in [-0.2, -0.15) is 0 Å². The Morgan fingerprint density at radius 2 is 1.45 bits per heavy atom. The lowest BCUT2D eigenvalue weighted by atomic mass is 9.80. The molecule has 5 rings (SSSR count). The molecule has 0 N–H and O–H groups in total. The quantitative estimate of drug-likeness (QED) is 0.202. The number of ether oxygens (including phenoxy) is 5. The Kier molecular flexibility index (Phi) is 8.06. The minimum Gasteiger partial charge on any atom is -0.461 e. The van der Waals surface area contributed by atoms with Crippen LogP contribution in [0.1, 0.15) is 67.4 Å². The van der Waals surface area contributed by atoms with E-state index in [1.165, 1.54) is 20.8 Å². The molecule has 0 radical (unpaired) electrons. The van der Waals surface area contributed by atoms with Crippen LogP contribution in [0.25, 0.3) is 0 Å². The van der Waals surface area contributed by atoms with E-state index in [0.29, 0.717) is 5.57 Å². The molecule has 0 bridgehead atoms. The first-order chi connectivity index (χ1) is 20.6. The van der Waals surface area contributed by atoms with Gasteiger partial charge in [-0.25, -0.2) is 0 Å². The van der Waals surface area contributed by atoms with Crippen molar-refractivity contribution in [2.45, 2.75) is 104 Å². The summed E-state index contributed by atoms with van der Waals surface area (Å²) in [4.78, 5) is 65.1. The van der Waals surface area contributed by atoms with Crippen LogP contribution in [0.2, 0.25) is 0 Å². The normalized spacial score (nSPS) is 39.5. The lowest BCUT2D eigenvalue weighted by Crippen LogP contribution is -2.43. The Hall–Kier alpha value is -3.53. The summed E-state index contributed by atoms with van der Waals surface area (Å²) in [5, 5.41) is 0. The van der Waals surface area contributed by atoms with Crippen molar-refractivity contribution >= 4 is 29.7 Å². The summed E-state index contributed by atoms with van der Waals surface area (Å²) in [7, 11) is 0. The maximum absolute atomic E-state index is 14.4. The van der Waals surface area contributed by atoms with Gasteiger partial charge in [0.05, 0.1) is 12.3 Å². The zero-order valence-electron chi connectivity index (χ0n) is 26.6. The minimum atomic E-state index is -1.33.